The molecule has 4 heteroatoms. The molecule has 0 radical (unpaired) electrons. The Balaban J connectivity index is 2.26. The molecule has 0 heterocycles. The molecule has 0 unspecified atom stereocenters. The number of hydrogen-bond donors (Lipinski definition) is 0. The van der Waals surface area contributed by atoms with Crippen molar-refractivity contribution in [3.63, 3.8) is 0 Å². The first-order valence-corrected chi connectivity index (χ1v) is 7.76. The summed E-state index contributed by atoms with van der Waals surface area (Å²) in [6, 6.07) is 11.9. The van der Waals surface area contributed by atoms with Crippen LogP contribution in [0.2, 0.25) is 0 Å². The smallest absolute Gasteiger partial charge is 0.175 e. The van der Waals surface area contributed by atoms with E-state index in [-0.39, 0.29) is 6.61 Å². The molecule has 0 aliphatic heterocycles. The number of hydrogen-bond acceptors (Lipinski definition) is 3. The van der Waals surface area contributed by atoms with Gasteiger partial charge in [0.05, 0.1) is 16.4 Å². The fourth-order valence-corrected chi connectivity index (χ4v) is 2.63. The SMILES string of the molecule is C#CCOc1c(I)cc(C=Nc2ccc(C)cc2)cc1OC. The molecular weight excluding hydrogens is 389 g/mol. The summed E-state index contributed by atoms with van der Waals surface area (Å²) in [5.74, 6) is 3.76. The zero-order valence-corrected chi connectivity index (χ0v) is 14.6. The minimum atomic E-state index is 0.211. The molecule has 0 amide bonds. The van der Waals surface area contributed by atoms with Gasteiger partial charge in [0.25, 0.3) is 0 Å². The van der Waals surface area contributed by atoms with Crippen molar-refractivity contribution in [2.75, 3.05) is 13.7 Å². The highest BCUT2D eigenvalue weighted by Crippen LogP contribution is 2.33. The van der Waals surface area contributed by atoms with Crippen molar-refractivity contribution >= 4 is 34.5 Å². The summed E-state index contributed by atoms with van der Waals surface area (Å²) < 4.78 is 11.8. The molecule has 0 spiro atoms. The van der Waals surface area contributed by atoms with Gasteiger partial charge in [-0.05, 0) is 59.3 Å². The third kappa shape index (κ3) is 4.25. The van der Waals surface area contributed by atoms with E-state index in [0.29, 0.717) is 11.5 Å². The first kappa shape index (κ1) is 16.4. The Labute approximate surface area is 144 Å². The van der Waals surface area contributed by atoms with E-state index in [4.69, 9.17) is 15.9 Å². The van der Waals surface area contributed by atoms with Gasteiger partial charge in [0.2, 0.25) is 0 Å². The van der Waals surface area contributed by atoms with Gasteiger partial charge >= 0.3 is 0 Å². The van der Waals surface area contributed by atoms with E-state index in [0.717, 1.165) is 14.8 Å². The summed E-state index contributed by atoms with van der Waals surface area (Å²) in [5, 5.41) is 0. The lowest BCUT2D eigenvalue weighted by atomic mass is 10.2. The predicted octanol–water partition coefficient (Wildman–Crippen LogP) is 4.37. The molecule has 2 aromatic rings. The molecule has 2 aromatic carbocycles. The van der Waals surface area contributed by atoms with Gasteiger partial charge in [-0.1, -0.05) is 23.6 Å². The number of nitrogens with zero attached hydrogens (tertiary/aromatic N) is 1. The fourth-order valence-electron chi connectivity index (χ4n) is 1.85. The Kier molecular flexibility index (Phi) is 5.84. The lowest BCUT2D eigenvalue weighted by Crippen LogP contribution is -2.00. The molecule has 0 saturated carbocycles. The number of rotatable bonds is 5. The highest BCUT2D eigenvalue weighted by Gasteiger charge is 2.10. The largest absolute Gasteiger partial charge is 0.493 e. The maximum Gasteiger partial charge on any atom is 0.175 e. The van der Waals surface area contributed by atoms with Crippen molar-refractivity contribution in [2.24, 2.45) is 4.99 Å². The third-order valence-electron chi connectivity index (χ3n) is 2.95. The van der Waals surface area contributed by atoms with Crippen LogP contribution in [0.25, 0.3) is 0 Å². The summed E-state index contributed by atoms with van der Waals surface area (Å²) in [7, 11) is 1.61. The number of benzene rings is 2. The number of terminal acetylenes is 1. The molecule has 0 N–H and O–H groups in total. The Morgan fingerprint density at radius 3 is 2.64 bits per heavy atom. The van der Waals surface area contributed by atoms with Gasteiger partial charge in [-0.15, -0.1) is 6.42 Å². The highest BCUT2D eigenvalue weighted by atomic mass is 127. The third-order valence-corrected chi connectivity index (χ3v) is 3.75. The second kappa shape index (κ2) is 7.85. The van der Waals surface area contributed by atoms with E-state index in [1.54, 1.807) is 13.3 Å². The second-order valence-electron chi connectivity index (χ2n) is 4.62. The van der Waals surface area contributed by atoms with Crippen LogP contribution in [0.1, 0.15) is 11.1 Å². The van der Waals surface area contributed by atoms with Gasteiger partial charge in [-0.2, -0.15) is 0 Å². The minimum absolute atomic E-state index is 0.211. The van der Waals surface area contributed by atoms with E-state index >= 15 is 0 Å². The van der Waals surface area contributed by atoms with Crippen molar-refractivity contribution in [3.8, 4) is 23.8 Å². The summed E-state index contributed by atoms with van der Waals surface area (Å²) in [4.78, 5) is 4.47. The molecule has 2 rings (SSSR count). The number of aryl methyl sites for hydroxylation is 1. The molecule has 0 saturated heterocycles. The highest BCUT2D eigenvalue weighted by molar-refractivity contribution is 14.1. The zero-order chi connectivity index (χ0) is 15.9. The number of methoxy groups -OCH3 is 1. The lowest BCUT2D eigenvalue weighted by molar-refractivity contribution is 0.328. The molecule has 3 nitrogen and oxygen atoms in total. The van der Waals surface area contributed by atoms with E-state index in [1.165, 1.54) is 5.56 Å². The van der Waals surface area contributed by atoms with Crippen molar-refractivity contribution in [1.82, 2.24) is 0 Å². The first-order chi connectivity index (χ1) is 10.6. The molecule has 0 aliphatic rings. The van der Waals surface area contributed by atoms with Gasteiger partial charge < -0.3 is 9.47 Å². The molecule has 0 fully saturated rings. The molecular formula is C18H16INO2. The number of ether oxygens (including phenoxy) is 2. The van der Waals surface area contributed by atoms with E-state index in [1.807, 2.05) is 36.4 Å². The van der Waals surface area contributed by atoms with Gasteiger partial charge in [-0.25, -0.2) is 0 Å². The molecule has 0 bridgehead atoms. The molecule has 0 aliphatic carbocycles. The Bertz CT molecular complexity index is 715. The average Bonchev–Trinajstić information content (AvgIpc) is 2.53. The van der Waals surface area contributed by atoms with Crippen molar-refractivity contribution in [1.29, 1.82) is 0 Å². The maximum absolute atomic E-state index is 5.53. The summed E-state index contributed by atoms with van der Waals surface area (Å²) in [5.41, 5.74) is 3.06. The molecule has 112 valence electrons. The van der Waals surface area contributed by atoms with Crippen molar-refractivity contribution in [3.05, 3.63) is 51.1 Å². The first-order valence-electron chi connectivity index (χ1n) is 6.68. The van der Waals surface area contributed by atoms with E-state index in [2.05, 4.69) is 40.4 Å². The monoisotopic (exact) mass is 405 g/mol. The topological polar surface area (TPSA) is 30.8 Å². The standard InChI is InChI=1S/C18H16INO2/c1-4-9-22-18-16(19)10-14(11-17(18)21-3)12-20-15-7-5-13(2)6-8-15/h1,5-8,10-12H,9H2,2-3H3. The van der Waals surface area contributed by atoms with Crippen molar-refractivity contribution < 1.29 is 9.47 Å². The molecule has 0 atom stereocenters. The number of halogens is 1. The Hall–Kier alpha value is -2.00. The summed E-state index contributed by atoms with van der Waals surface area (Å²) >= 11 is 2.20. The van der Waals surface area contributed by atoms with Crippen LogP contribution >= 0.6 is 22.6 Å². The molecule has 0 aromatic heterocycles. The molecule has 22 heavy (non-hydrogen) atoms. The normalized spacial score (nSPS) is 10.5. The zero-order valence-electron chi connectivity index (χ0n) is 12.5. The Morgan fingerprint density at radius 1 is 1.27 bits per heavy atom. The van der Waals surface area contributed by atoms with E-state index in [9.17, 15) is 0 Å². The van der Waals surface area contributed by atoms with Crippen LogP contribution in [0.3, 0.4) is 0 Å². The lowest BCUT2D eigenvalue weighted by Gasteiger charge is -2.11. The van der Waals surface area contributed by atoms with Crippen molar-refractivity contribution in [2.45, 2.75) is 6.92 Å². The van der Waals surface area contributed by atoms with Crippen LogP contribution in [-0.4, -0.2) is 19.9 Å². The predicted molar refractivity (Wildman–Crippen MR) is 98.5 cm³/mol. The van der Waals surface area contributed by atoms with Crippen LogP contribution in [0.4, 0.5) is 5.69 Å². The second-order valence-corrected chi connectivity index (χ2v) is 5.78. The van der Waals surface area contributed by atoms with Crippen LogP contribution in [-0.2, 0) is 0 Å². The van der Waals surface area contributed by atoms with Crippen LogP contribution < -0.4 is 9.47 Å². The van der Waals surface area contributed by atoms with Crippen LogP contribution in [0.5, 0.6) is 11.5 Å². The summed E-state index contributed by atoms with van der Waals surface area (Å²) in [6.45, 7) is 2.26. The van der Waals surface area contributed by atoms with Crippen LogP contribution in [0.15, 0.2) is 41.4 Å². The average molecular weight is 405 g/mol. The van der Waals surface area contributed by atoms with Gasteiger partial charge in [-0.3, -0.25) is 4.99 Å². The van der Waals surface area contributed by atoms with Crippen LogP contribution in [0, 0.1) is 22.8 Å². The quantitative estimate of drug-likeness (QED) is 0.420. The Morgan fingerprint density at radius 2 is 2.00 bits per heavy atom. The van der Waals surface area contributed by atoms with Gasteiger partial charge in [0.15, 0.2) is 11.5 Å². The van der Waals surface area contributed by atoms with E-state index < -0.39 is 0 Å². The van der Waals surface area contributed by atoms with Gasteiger partial charge in [0, 0.05) is 6.21 Å². The minimum Gasteiger partial charge on any atom is -0.493 e. The van der Waals surface area contributed by atoms with Gasteiger partial charge in [0.1, 0.15) is 6.61 Å². The number of aliphatic imine (C=N–C) groups is 1. The maximum atomic E-state index is 5.53. The summed E-state index contributed by atoms with van der Waals surface area (Å²) in [6.07, 6.45) is 7.04. The fraction of sp³-hybridized carbons (Fsp3) is 0.167.